The molecule has 0 unspecified atom stereocenters. The van der Waals surface area contributed by atoms with Crippen LogP contribution in [0.4, 0.5) is 5.82 Å². The number of hydrogen-bond donors (Lipinski definition) is 1. The van der Waals surface area contributed by atoms with Crippen LogP contribution in [-0.2, 0) is 5.75 Å². The van der Waals surface area contributed by atoms with E-state index < -0.39 is 0 Å². The van der Waals surface area contributed by atoms with Gasteiger partial charge in [0.15, 0.2) is 0 Å². The lowest BCUT2D eigenvalue weighted by Gasteiger charge is -2.05. The second kappa shape index (κ2) is 5.97. The Morgan fingerprint density at radius 1 is 1.00 bits per heavy atom. The molecule has 2 aromatic carbocycles. The molecule has 0 amide bonds. The molecule has 20 heavy (non-hydrogen) atoms. The summed E-state index contributed by atoms with van der Waals surface area (Å²) in [7, 11) is 1.89. The summed E-state index contributed by atoms with van der Waals surface area (Å²) >= 11 is 1.85. The Morgan fingerprint density at radius 2 is 1.85 bits per heavy atom. The molecule has 0 atom stereocenters. The van der Waals surface area contributed by atoms with Crippen molar-refractivity contribution in [3.63, 3.8) is 0 Å². The average molecular weight is 280 g/mol. The van der Waals surface area contributed by atoms with Gasteiger partial charge >= 0.3 is 0 Å². The summed E-state index contributed by atoms with van der Waals surface area (Å²) < 4.78 is 0. The first-order valence-corrected chi connectivity index (χ1v) is 7.58. The normalized spacial score (nSPS) is 10.7. The number of rotatable bonds is 4. The number of fused-ring (bicyclic) bond motifs is 1. The molecule has 0 aliphatic carbocycles. The van der Waals surface area contributed by atoms with E-state index in [4.69, 9.17) is 0 Å². The first-order valence-electron chi connectivity index (χ1n) is 6.59. The van der Waals surface area contributed by atoms with Gasteiger partial charge in [-0.3, -0.25) is 0 Å². The van der Waals surface area contributed by atoms with Crippen molar-refractivity contribution in [2.45, 2.75) is 10.6 Å². The Bertz CT molecular complexity index is 725. The fourth-order valence-corrected chi connectivity index (χ4v) is 3.01. The smallest absolute Gasteiger partial charge is 0.125 e. The molecule has 1 heterocycles. The first-order chi connectivity index (χ1) is 9.85. The van der Waals surface area contributed by atoms with E-state index in [1.54, 1.807) is 0 Å². The van der Waals surface area contributed by atoms with Crippen LogP contribution in [0.25, 0.3) is 10.8 Å². The highest BCUT2D eigenvalue weighted by Crippen LogP contribution is 2.26. The molecular formula is C17H16N2S. The van der Waals surface area contributed by atoms with Crippen LogP contribution in [0.3, 0.4) is 0 Å². The van der Waals surface area contributed by atoms with E-state index >= 15 is 0 Å². The van der Waals surface area contributed by atoms with Crippen LogP contribution in [0, 0.1) is 0 Å². The maximum Gasteiger partial charge on any atom is 0.125 e. The number of anilines is 1. The fraction of sp³-hybridized carbons (Fsp3) is 0.118. The molecule has 100 valence electrons. The van der Waals surface area contributed by atoms with Crippen molar-refractivity contribution >= 4 is 28.4 Å². The van der Waals surface area contributed by atoms with Crippen LogP contribution in [0.2, 0.25) is 0 Å². The number of thioether (sulfide) groups is 1. The molecule has 0 spiro atoms. The van der Waals surface area contributed by atoms with E-state index in [1.165, 1.54) is 21.2 Å². The zero-order valence-electron chi connectivity index (χ0n) is 11.3. The molecule has 3 heteroatoms. The van der Waals surface area contributed by atoms with E-state index in [0.717, 1.165) is 11.6 Å². The lowest BCUT2D eigenvalue weighted by molar-refractivity contribution is 1.24. The van der Waals surface area contributed by atoms with Crippen molar-refractivity contribution in [1.82, 2.24) is 4.98 Å². The molecule has 0 bridgehead atoms. The summed E-state index contributed by atoms with van der Waals surface area (Å²) in [6.45, 7) is 0. The number of nitrogens with zero attached hydrogens (tertiary/aromatic N) is 1. The third kappa shape index (κ3) is 2.94. The van der Waals surface area contributed by atoms with E-state index in [1.807, 2.05) is 25.0 Å². The second-order valence-corrected chi connectivity index (χ2v) is 5.65. The molecule has 1 N–H and O–H groups in total. The zero-order valence-corrected chi connectivity index (χ0v) is 12.2. The quantitative estimate of drug-likeness (QED) is 0.709. The van der Waals surface area contributed by atoms with Crippen LogP contribution in [0.5, 0.6) is 0 Å². The minimum Gasteiger partial charge on any atom is -0.373 e. The lowest BCUT2D eigenvalue weighted by atomic mass is 10.1. The van der Waals surface area contributed by atoms with Crippen molar-refractivity contribution in [2.24, 2.45) is 0 Å². The predicted octanol–water partition coefficient (Wildman–Crippen LogP) is 4.57. The molecule has 0 saturated heterocycles. The van der Waals surface area contributed by atoms with E-state index in [0.29, 0.717) is 0 Å². The highest BCUT2D eigenvalue weighted by molar-refractivity contribution is 7.98. The third-order valence-corrected chi connectivity index (χ3v) is 4.27. The van der Waals surface area contributed by atoms with Gasteiger partial charge in [0.05, 0.1) is 0 Å². The summed E-state index contributed by atoms with van der Waals surface area (Å²) in [5.41, 5.74) is 1.28. The number of nitrogens with one attached hydrogen (secondary N) is 1. The Hall–Kier alpha value is -2.00. The Morgan fingerprint density at radius 3 is 2.70 bits per heavy atom. The van der Waals surface area contributed by atoms with Crippen molar-refractivity contribution in [3.8, 4) is 0 Å². The molecule has 0 aliphatic heterocycles. The SMILES string of the molecule is CNc1cc(CSc2ccc3ccccc3c2)ccn1. The van der Waals surface area contributed by atoms with Gasteiger partial charge in [0.2, 0.25) is 0 Å². The van der Waals surface area contributed by atoms with Gasteiger partial charge in [-0.1, -0.05) is 30.3 Å². The molecule has 3 rings (SSSR count). The van der Waals surface area contributed by atoms with Crippen molar-refractivity contribution in [3.05, 3.63) is 66.4 Å². The maximum absolute atomic E-state index is 4.23. The van der Waals surface area contributed by atoms with Gasteiger partial charge in [0.25, 0.3) is 0 Å². The molecule has 0 saturated carbocycles. The number of pyridine rings is 1. The number of hydrogen-bond acceptors (Lipinski definition) is 3. The second-order valence-electron chi connectivity index (χ2n) is 4.60. The average Bonchev–Trinajstić information content (AvgIpc) is 2.53. The highest BCUT2D eigenvalue weighted by Gasteiger charge is 2.00. The minimum atomic E-state index is 0.918. The van der Waals surface area contributed by atoms with Gasteiger partial charge in [0, 0.05) is 23.9 Å². The Kier molecular flexibility index (Phi) is 3.88. The summed E-state index contributed by atoms with van der Waals surface area (Å²) in [6, 6.07) is 19.2. The first kappa shape index (κ1) is 13.0. The van der Waals surface area contributed by atoms with E-state index in [-0.39, 0.29) is 0 Å². The maximum atomic E-state index is 4.23. The van der Waals surface area contributed by atoms with Crippen LogP contribution in [0.1, 0.15) is 5.56 Å². The molecular weight excluding hydrogens is 264 g/mol. The van der Waals surface area contributed by atoms with Crippen molar-refractivity contribution < 1.29 is 0 Å². The monoisotopic (exact) mass is 280 g/mol. The van der Waals surface area contributed by atoms with Gasteiger partial charge in [-0.25, -0.2) is 4.98 Å². The van der Waals surface area contributed by atoms with Gasteiger partial charge < -0.3 is 5.32 Å². The third-order valence-electron chi connectivity index (χ3n) is 3.21. The van der Waals surface area contributed by atoms with E-state index in [2.05, 4.69) is 64.9 Å². The van der Waals surface area contributed by atoms with Crippen LogP contribution >= 0.6 is 11.8 Å². The minimum absolute atomic E-state index is 0.918. The Labute approximate surface area is 123 Å². The van der Waals surface area contributed by atoms with Crippen LogP contribution in [-0.4, -0.2) is 12.0 Å². The predicted molar refractivity (Wildman–Crippen MR) is 87.3 cm³/mol. The van der Waals surface area contributed by atoms with Crippen LogP contribution < -0.4 is 5.32 Å². The zero-order chi connectivity index (χ0) is 13.8. The van der Waals surface area contributed by atoms with Gasteiger partial charge in [0.1, 0.15) is 5.82 Å². The molecule has 3 aromatic rings. The van der Waals surface area contributed by atoms with Crippen molar-refractivity contribution in [2.75, 3.05) is 12.4 Å². The number of benzene rings is 2. The fourth-order valence-electron chi connectivity index (χ4n) is 2.12. The molecule has 1 aromatic heterocycles. The van der Waals surface area contributed by atoms with E-state index in [9.17, 15) is 0 Å². The molecule has 0 aliphatic rings. The summed E-state index contributed by atoms with van der Waals surface area (Å²) in [4.78, 5) is 5.53. The number of aromatic nitrogens is 1. The van der Waals surface area contributed by atoms with Gasteiger partial charge in [-0.15, -0.1) is 11.8 Å². The summed E-state index contributed by atoms with van der Waals surface area (Å²) in [5, 5.41) is 5.65. The lowest BCUT2D eigenvalue weighted by Crippen LogP contribution is -1.92. The molecule has 2 nitrogen and oxygen atoms in total. The Balaban J connectivity index is 1.76. The molecule has 0 radical (unpaired) electrons. The summed E-state index contributed by atoms with van der Waals surface area (Å²) in [6.07, 6.45) is 1.85. The topological polar surface area (TPSA) is 24.9 Å². The standard InChI is InChI=1S/C17H16N2S/c1-18-17-10-13(8-9-19-17)12-20-16-7-6-14-4-2-3-5-15(14)11-16/h2-11H,12H2,1H3,(H,18,19). The highest BCUT2D eigenvalue weighted by atomic mass is 32.2. The molecule has 0 fully saturated rings. The summed E-state index contributed by atoms with van der Waals surface area (Å²) in [5.74, 6) is 1.87. The largest absolute Gasteiger partial charge is 0.373 e. The van der Waals surface area contributed by atoms with Gasteiger partial charge in [-0.2, -0.15) is 0 Å². The van der Waals surface area contributed by atoms with Crippen molar-refractivity contribution in [1.29, 1.82) is 0 Å². The van der Waals surface area contributed by atoms with Gasteiger partial charge in [-0.05, 0) is 40.6 Å². The van der Waals surface area contributed by atoms with Crippen LogP contribution in [0.15, 0.2) is 65.7 Å².